The maximum Gasteiger partial charge on any atom is 0.255 e. The van der Waals surface area contributed by atoms with Crippen LogP contribution in [0, 0.1) is 0 Å². The number of thiazole rings is 1. The van der Waals surface area contributed by atoms with Gasteiger partial charge in [-0.25, -0.2) is 4.98 Å². The second-order valence-electron chi connectivity index (χ2n) is 6.66. The van der Waals surface area contributed by atoms with Crippen LogP contribution in [0.2, 0.25) is 0 Å². The Morgan fingerprint density at radius 1 is 1.42 bits per heavy atom. The van der Waals surface area contributed by atoms with Gasteiger partial charge in [-0.15, -0.1) is 11.3 Å². The third kappa shape index (κ3) is 3.56. The molecule has 2 aromatic rings. The number of aromatic nitrogens is 1. The minimum absolute atomic E-state index is 0.0879. The molecule has 1 fully saturated rings. The Kier molecular flexibility index (Phi) is 4.60. The molecule has 1 aromatic carbocycles. The quantitative estimate of drug-likeness (QED) is 0.857. The lowest BCUT2D eigenvalue weighted by Crippen LogP contribution is -2.57. The number of anilines is 1. The van der Waals surface area contributed by atoms with Crippen molar-refractivity contribution in [3.05, 3.63) is 41.4 Å². The van der Waals surface area contributed by atoms with Crippen molar-refractivity contribution in [2.24, 2.45) is 0 Å². The maximum absolute atomic E-state index is 12.3. The average molecular weight is 372 g/mol. The second kappa shape index (κ2) is 7.05. The SMILES string of the molecule is O=C(CN1CCC[C@@]2(CNC(=O)c3ccccc3O2)C1)Nc1nccs1. The topological polar surface area (TPSA) is 83.6 Å². The molecule has 2 amide bonds. The Labute approximate surface area is 155 Å². The number of nitrogens with zero attached hydrogens (tertiary/aromatic N) is 2. The van der Waals surface area contributed by atoms with Gasteiger partial charge in [-0.2, -0.15) is 0 Å². The smallest absolute Gasteiger partial charge is 0.255 e. The van der Waals surface area contributed by atoms with E-state index < -0.39 is 5.60 Å². The molecule has 2 aliphatic heterocycles. The van der Waals surface area contributed by atoms with Crippen LogP contribution in [0.3, 0.4) is 0 Å². The number of para-hydroxylation sites is 1. The molecule has 26 heavy (non-hydrogen) atoms. The van der Waals surface area contributed by atoms with Crippen molar-refractivity contribution in [1.29, 1.82) is 0 Å². The predicted molar refractivity (Wildman–Crippen MR) is 98.6 cm³/mol. The van der Waals surface area contributed by atoms with E-state index in [4.69, 9.17) is 4.74 Å². The van der Waals surface area contributed by atoms with Gasteiger partial charge in [0.2, 0.25) is 5.91 Å². The summed E-state index contributed by atoms with van der Waals surface area (Å²) in [5.74, 6) is 0.405. The van der Waals surface area contributed by atoms with Gasteiger partial charge in [-0.05, 0) is 31.5 Å². The van der Waals surface area contributed by atoms with Crippen molar-refractivity contribution >= 4 is 28.3 Å². The summed E-state index contributed by atoms with van der Waals surface area (Å²) in [6, 6.07) is 7.30. The first-order valence-electron chi connectivity index (χ1n) is 8.62. The van der Waals surface area contributed by atoms with Gasteiger partial charge in [0.05, 0.1) is 18.7 Å². The highest BCUT2D eigenvalue weighted by atomic mass is 32.1. The molecule has 0 bridgehead atoms. The zero-order chi connectivity index (χ0) is 18.0. The van der Waals surface area contributed by atoms with E-state index in [-0.39, 0.29) is 18.4 Å². The molecular weight excluding hydrogens is 352 g/mol. The summed E-state index contributed by atoms with van der Waals surface area (Å²) in [4.78, 5) is 30.7. The molecule has 0 aliphatic carbocycles. The van der Waals surface area contributed by atoms with Crippen LogP contribution < -0.4 is 15.4 Å². The van der Waals surface area contributed by atoms with Crippen LogP contribution in [0.5, 0.6) is 5.75 Å². The lowest BCUT2D eigenvalue weighted by molar-refractivity contribution is -0.118. The van der Waals surface area contributed by atoms with E-state index in [0.717, 1.165) is 19.4 Å². The number of carbonyl (C=O) groups excluding carboxylic acids is 2. The molecule has 1 atom stereocenters. The Hall–Kier alpha value is -2.45. The predicted octanol–water partition coefficient (Wildman–Crippen LogP) is 1.74. The molecule has 0 unspecified atom stereocenters. The molecule has 4 rings (SSSR count). The van der Waals surface area contributed by atoms with Gasteiger partial charge in [0.25, 0.3) is 5.91 Å². The average Bonchev–Trinajstić information content (AvgIpc) is 3.09. The molecule has 3 heterocycles. The van der Waals surface area contributed by atoms with Crippen LogP contribution in [0.25, 0.3) is 0 Å². The number of benzene rings is 1. The summed E-state index contributed by atoms with van der Waals surface area (Å²) in [7, 11) is 0. The fourth-order valence-corrected chi connectivity index (χ4v) is 4.09. The van der Waals surface area contributed by atoms with Crippen molar-refractivity contribution in [2.75, 3.05) is 31.5 Å². The second-order valence-corrected chi connectivity index (χ2v) is 7.56. The monoisotopic (exact) mass is 372 g/mol. The molecule has 2 aliphatic rings. The summed E-state index contributed by atoms with van der Waals surface area (Å²) in [6.07, 6.45) is 3.41. The van der Waals surface area contributed by atoms with Gasteiger partial charge >= 0.3 is 0 Å². The van der Waals surface area contributed by atoms with Crippen molar-refractivity contribution in [3.63, 3.8) is 0 Å². The van der Waals surface area contributed by atoms with Gasteiger partial charge < -0.3 is 15.4 Å². The Bertz CT molecular complexity index is 811. The number of nitrogens with one attached hydrogen (secondary N) is 2. The number of hydrogen-bond donors (Lipinski definition) is 2. The highest BCUT2D eigenvalue weighted by Crippen LogP contribution is 2.31. The fourth-order valence-electron chi connectivity index (χ4n) is 3.55. The van der Waals surface area contributed by atoms with E-state index in [2.05, 4.69) is 20.5 Å². The normalized spacial score (nSPS) is 22.8. The maximum atomic E-state index is 12.3. The first-order valence-corrected chi connectivity index (χ1v) is 9.49. The third-order valence-corrected chi connectivity index (χ3v) is 5.38. The van der Waals surface area contributed by atoms with Crippen molar-refractivity contribution in [2.45, 2.75) is 18.4 Å². The largest absolute Gasteiger partial charge is 0.483 e. The molecule has 1 saturated heterocycles. The number of piperidine rings is 1. The van der Waals surface area contributed by atoms with E-state index in [9.17, 15) is 9.59 Å². The molecule has 2 N–H and O–H groups in total. The molecule has 0 saturated carbocycles. The Morgan fingerprint density at radius 2 is 2.31 bits per heavy atom. The van der Waals surface area contributed by atoms with Gasteiger partial charge in [0, 0.05) is 18.1 Å². The van der Waals surface area contributed by atoms with Gasteiger partial charge in [0.15, 0.2) is 5.13 Å². The summed E-state index contributed by atoms with van der Waals surface area (Å²) in [6.45, 7) is 2.13. The van der Waals surface area contributed by atoms with E-state index in [0.29, 0.717) is 29.5 Å². The molecular formula is C18H20N4O3S. The molecule has 8 heteroatoms. The Morgan fingerprint density at radius 3 is 3.15 bits per heavy atom. The third-order valence-electron chi connectivity index (χ3n) is 4.69. The van der Waals surface area contributed by atoms with Crippen LogP contribution in [-0.4, -0.2) is 53.5 Å². The highest BCUT2D eigenvalue weighted by molar-refractivity contribution is 7.13. The minimum Gasteiger partial charge on any atom is -0.483 e. The van der Waals surface area contributed by atoms with Crippen LogP contribution in [0.4, 0.5) is 5.13 Å². The minimum atomic E-state index is -0.512. The van der Waals surface area contributed by atoms with Crippen LogP contribution >= 0.6 is 11.3 Å². The van der Waals surface area contributed by atoms with Crippen molar-refractivity contribution in [3.8, 4) is 5.75 Å². The van der Waals surface area contributed by atoms with E-state index in [1.165, 1.54) is 11.3 Å². The van der Waals surface area contributed by atoms with Crippen LogP contribution in [0.1, 0.15) is 23.2 Å². The van der Waals surface area contributed by atoms with E-state index >= 15 is 0 Å². The Balaban J connectivity index is 1.46. The first-order chi connectivity index (χ1) is 12.6. The fraction of sp³-hybridized carbons (Fsp3) is 0.389. The number of fused-ring (bicyclic) bond motifs is 1. The molecule has 0 radical (unpaired) electrons. The zero-order valence-electron chi connectivity index (χ0n) is 14.2. The van der Waals surface area contributed by atoms with Gasteiger partial charge in [0.1, 0.15) is 11.4 Å². The highest BCUT2D eigenvalue weighted by Gasteiger charge is 2.41. The lowest BCUT2D eigenvalue weighted by Gasteiger charge is -2.41. The van der Waals surface area contributed by atoms with E-state index in [1.807, 2.05) is 23.6 Å². The first kappa shape index (κ1) is 17.0. The summed E-state index contributed by atoms with van der Waals surface area (Å²) in [5, 5.41) is 8.21. The molecule has 1 spiro atoms. The van der Waals surface area contributed by atoms with E-state index in [1.54, 1.807) is 12.3 Å². The number of rotatable bonds is 3. The van der Waals surface area contributed by atoms with Crippen LogP contribution in [0.15, 0.2) is 35.8 Å². The number of ether oxygens (including phenoxy) is 1. The summed E-state index contributed by atoms with van der Waals surface area (Å²) in [5.41, 5.74) is 0.0464. The van der Waals surface area contributed by atoms with Gasteiger partial charge in [-0.1, -0.05) is 12.1 Å². The van der Waals surface area contributed by atoms with Crippen LogP contribution in [-0.2, 0) is 4.79 Å². The molecule has 136 valence electrons. The standard InChI is InChI=1S/C18H20N4O3S/c23-15(21-17-19-7-9-26-17)10-22-8-3-6-18(12-22)11-20-16(24)13-4-1-2-5-14(13)25-18/h1-2,4-5,7,9H,3,6,8,10-12H2,(H,20,24)(H,19,21,23)/t18-/m1/s1. The molecule has 1 aromatic heterocycles. The lowest BCUT2D eigenvalue weighted by atomic mass is 9.92. The van der Waals surface area contributed by atoms with Gasteiger partial charge in [-0.3, -0.25) is 14.5 Å². The molecule has 7 nitrogen and oxygen atoms in total. The zero-order valence-corrected chi connectivity index (χ0v) is 15.1. The number of likely N-dealkylation sites (tertiary alicyclic amines) is 1. The summed E-state index contributed by atoms with van der Waals surface area (Å²) < 4.78 is 6.31. The van der Waals surface area contributed by atoms with Crippen molar-refractivity contribution in [1.82, 2.24) is 15.2 Å². The number of carbonyl (C=O) groups is 2. The summed E-state index contributed by atoms with van der Waals surface area (Å²) >= 11 is 1.40. The number of amides is 2. The van der Waals surface area contributed by atoms with Crippen molar-refractivity contribution < 1.29 is 14.3 Å². The number of hydrogen-bond acceptors (Lipinski definition) is 6.